The minimum Gasteiger partial charge on any atom is -0.387 e. The van der Waals surface area contributed by atoms with E-state index in [1.54, 1.807) is 46.2 Å². The van der Waals surface area contributed by atoms with Gasteiger partial charge in [-0.2, -0.15) is 13.2 Å². The summed E-state index contributed by atoms with van der Waals surface area (Å²) >= 11 is 0. The Hall–Kier alpha value is 0.144. The molecule has 1 unspecified atom stereocenters. The Bertz CT molecular complexity index is 240. The van der Waals surface area contributed by atoms with Crippen molar-refractivity contribution < 1.29 is 22.3 Å². The van der Waals surface area contributed by atoms with Crippen LogP contribution in [0.15, 0.2) is 0 Å². The van der Waals surface area contributed by atoms with Gasteiger partial charge in [0.15, 0.2) is 8.32 Å². The monoisotopic (exact) mass is 288 g/mol. The zero-order chi connectivity index (χ0) is 14.1. The average Bonchev–Trinajstić information content (AvgIpc) is 1.96. The maximum Gasteiger partial charge on any atom is 0.437 e. The normalized spacial score (nSPS) is 18.0. The standard InChI is InChI=1S/C10H23F3O2Si2/c1-8-14-10(9(11,12)13,16(2,3)4)15-17(5,6)7/h8H2,1-7H3. The highest BCUT2D eigenvalue weighted by Gasteiger charge is 2.66. The highest BCUT2D eigenvalue weighted by molar-refractivity contribution is 6.80. The summed E-state index contributed by atoms with van der Waals surface area (Å²) in [5.74, 6) is 0. The summed E-state index contributed by atoms with van der Waals surface area (Å²) in [6.07, 6.45) is -4.49. The predicted molar refractivity (Wildman–Crippen MR) is 68.2 cm³/mol. The Morgan fingerprint density at radius 1 is 0.941 bits per heavy atom. The van der Waals surface area contributed by atoms with Crippen molar-refractivity contribution in [1.82, 2.24) is 0 Å². The Labute approximate surface area is 104 Å². The summed E-state index contributed by atoms with van der Waals surface area (Å²) in [6.45, 7) is 11.7. The molecule has 104 valence electrons. The van der Waals surface area contributed by atoms with E-state index < -0.39 is 28.0 Å². The molecule has 0 aromatic rings. The molecule has 0 rings (SSSR count). The van der Waals surface area contributed by atoms with Crippen LogP contribution in [0.5, 0.6) is 0 Å². The quantitative estimate of drug-likeness (QED) is 0.562. The molecule has 0 N–H and O–H groups in total. The average molecular weight is 288 g/mol. The largest absolute Gasteiger partial charge is 0.437 e. The van der Waals surface area contributed by atoms with Crippen molar-refractivity contribution in [3.8, 4) is 0 Å². The molecule has 17 heavy (non-hydrogen) atoms. The Balaban J connectivity index is 5.59. The van der Waals surface area contributed by atoms with Gasteiger partial charge in [-0.1, -0.05) is 19.6 Å². The maximum atomic E-state index is 13.4. The minimum absolute atomic E-state index is 0.00569. The second-order valence-corrected chi connectivity index (χ2v) is 15.6. The highest BCUT2D eigenvalue weighted by Crippen LogP contribution is 2.43. The third kappa shape index (κ3) is 4.08. The van der Waals surface area contributed by atoms with E-state index in [1.807, 2.05) is 0 Å². The van der Waals surface area contributed by atoms with E-state index in [-0.39, 0.29) is 6.61 Å². The maximum absolute atomic E-state index is 13.4. The van der Waals surface area contributed by atoms with Crippen molar-refractivity contribution in [2.24, 2.45) is 0 Å². The van der Waals surface area contributed by atoms with Gasteiger partial charge in [-0.3, -0.25) is 0 Å². The second-order valence-electron chi connectivity index (χ2n) is 6.01. The van der Waals surface area contributed by atoms with Gasteiger partial charge >= 0.3 is 6.18 Å². The van der Waals surface area contributed by atoms with E-state index in [4.69, 9.17) is 9.16 Å². The molecular weight excluding hydrogens is 265 g/mol. The van der Waals surface area contributed by atoms with Gasteiger partial charge in [0, 0.05) is 6.61 Å². The molecule has 0 aromatic carbocycles. The molecule has 0 spiro atoms. The topological polar surface area (TPSA) is 18.5 Å². The smallest absolute Gasteiger partial charge is 0.387 e. The van der Waals surface area contributed by atoms with Crippen LogP contribution in [0.4, 0.5) is 13.2 Å². The SMILES string of the molecule is CCOC(O[Si](C)(C)C)(C(F)(F)F)[Si](C)(C)C. The number of halogens is 3. The molecule has 0 aliphatic heterocycles. The minimum atomic E-state index is -4.49. The first kappa shape index (κ1) is 17.1. The van der Waals surface area contributed by atoms with Gasteiger partial charge in [0.2, 0.25) is 5.41 Å². The van der Waals surface area contributed by atoms with Crippen molar-refractivity contribution >= 4 is 16.4 Å². The van der Waals surface area contributed by atoms with Crippen molar-refractivity contribution in [3.63, 3.8) is 0 Å². The molecule has 0 saturated heterocycles. The Morgan fingerprint density at radius 2 is 1.35 bits per heavy atom. The van der Waals surface area contributed by atoms with Gasteiger partial charge < -0.3 is 9.16 Å². The predicted octanol–water partition coefficient (Wildman–Crippen LogP) is 4.01. The van der Waals surface area contributed by atoms with Crippen LogP contribution in [0.3, 0.4) is 0 Å². The van der Waals surface area contributed by atoms with Crippen LogP contribution in [0.1, 0.15) is 6.92 Å². The molecule has 0 aliphatic carbocycles. The second kappa shape index (κ2) is 5.02. The lowest BCUT2D eigenvalue weighted by Crippen LogP contribution is -2.68. The first-order valence-corrected chi connectivity index (χ1v) is 12.6. The molecule has 0 fully saturated rings. The molecule has 7 heteroatoms. The molecule has 0 aromatic heterocycles. The molecule has 0 radical (unpaired) electrons. The fourth-order valence-corrected chi connectivity index (χ4v) is 6.21. The van der Waals surface area contributed by atoms with Gasteiger partial charge in [-0.05, 0) is 26.6 Å². The lowest BCUT2D eigenvalue weighted by atomic mass is 10.6. The number of rotatable bonds is 5. The molecule has 0 bridgehead atoms. The van der Waals surface area contributed by atoms with Gasteiger partial charge in [0.25, 0.3) is 0 Å². The van der Waals surface area contributed by atoms with Crippen molar-refractivity contribution in [1.29, 1.82) is 0 Å². The van der Waals surface area contributed by atoms with Crippen LogP contribution in [0, 0.1) is 0 Å². The molecule has 0 saturated carbocycles. The lowest BCUT2D eigenvalue weighted by Gasteiger charge is -2.47. The summed E-state index contributed by atoms with van der Waals surface area (Å²) in [7, 11) is -5.10. The van der Waals surface area contributed by atoms with Crippen molar-refractivity contribution in [3.05, 3.63) is 0 Å². The van der Waals surface area contributed by atoms with Crippen LogP contribution in [0.25, 0.3) is 0 Å². The van der Waals surface area contributed by atoms with E-state index in [9.17, 15) is 13.2 Å². The van der Waals surface area contributed by atoms with Crippen LogP contribution >= 0.6 is 0 Å². The number of alkyl halides is 3. The van der Waals surface area contributed by atoms with E-state index in [0.29, 0.717) is 0 Å². The zero-order valence-corrected chi connectivity index (χ0v) is 13.7. The van der Waals surface area contributed by atoms with E-state index in [0.717, 1.165) is 0 Å². The Morgan fingerprint density at radius 3 is 1.53 bits per heavy atom. The number of ether oxygens (including phenoxy) is 1. The van der Waals surface area contributed by atoms with Gasteiger partial charge in [-0.25, -0.2) is 0 Å². The summed E-state index contributed by atoms with van der Waals surface area (Å²) < 4.78 is 50.7. The van der Waals surface area contributed by atoms with Gasteiger partial charge in [-0.15, -0.1) is 0 Å². The Kier molecular flexibility index (Phi) is 5.07. The third-order valence-electron chi connectivity index (χ3n) is 2.16. The molecular formula is C10H23F3O2Si2. The molecule has 0 aliphatic rings. The molecule has 0 amide bonds. The highest BCUT2D eigenvalue weighted by atomic mass is 28.4. The first-order valence-electron chi connectivity index (χ1n) is 5.68. The van der Waals surface area contributed by atoms with E-state index in [1.165, 1.54) is 0 Å². The van der Waals surface area contributed by atoms with E-state index >= 15 is 0 Å². The summed E-state index contributed by atoms with van der Waals surface area (Å²) in [4.78, 5) is 0. The third-order valence-corrected chi connectivity index (χ3v) is 5.77. The molecule has 2 nitrogen and oxygen atoms in total. The first-order chi connectivity index (χ1) is 7.27. The molecule has 0 heterocycles. The fourth-order valence-electron chi connectivity index (χ4n) is 1.60. The van der Waals surface area contributed by atoms with Gasteiger partial charge in [0.05, 0.1) is 0 Å². The van der Waals surface area contributed by atoms with Crippen LogP contribution in [-0.2, 0) is 9.16 Å². The van der Waals surface area contributed by atoms with Gasteiger partial charge in [0.1, 0.15) is 8.07 Å². The van der Waals surface area contributed by atoms with Crippen LogP contribution < -0.4 is 0 Å². The fraction of sp³-hybridized carbons (Fsp3) is 1.00. The number of hydrogen-bond acceptors (Lipinski definition) is 2. The van der Waals surface area contributed by atoms with Crippen molar-refractivity contribution in [2.75, 3.05) is 6.61 Å². The van der Waals surface area contributed by atoms with Crippen LogP contribution in [0.2, 0.25) is 39.3 Å². The van der Waals surface area contributed by atoms with Crippen molar-refractivity contribution in [2.45, 2.75) is 57.8 Å². The van der Waals surface area contributed by atoms with Crippen LogP contribution in [-0.4, -0.2) is 34.6 Å². The van der Waals surface area contributed by atoms with E-state index in [2.05, 4.69) is 0 Å². The lowest BCUT2D eigenvalue weighted by molar-refractivity contribution is -0.317. The zero-order valence-electron chi connectivity index (χ0n) is 11.7. The summed E-state index contributed by atoms with van der Waals surface area (Å²) in [5, 5.41) is 0. The molecule has 1 atom stereocenters. The summed E-state index contributed by atoms with van der Waals surface area (Å²) in [5.41, 5.74) is -2.39. The summed E-state index contributed by atoms with van der Waals surface area (Å²) in [6, 6.07) is 0. The number of hydrogen-bond donors (Lipinski definition) is 0.